The molecule has 0 bridgehead atoms. The Morgan fingerprint density at radius 2 is 1.71 bits per heavy atom. The fraction of sp³-hybridized carbons (Fsp3) is 0.611. The summed E-state index contributed by atoms with van der Waals surface area (Å²) in [6.45, 7) is 6.04. The molecule has 4 aliphatic rings. The molecule has 3 fully saturated rings. The van der Waals surface area contributed by atoms with Crippen molar-refractivity contribution in [3.8, 4) is 0 Å². The van der Waals surface area contributed by atoms with Gasteiger partial charge in [-0.1, -0.05) is 6.07 Å². The first kappa shape index (κ1) is 36.4. The quantitative estimate of drug-likeness (QED) is 0.280. The predicted octanol–water partition coefficient (Wildman–Crippen LogP) is 5.66. The lowest BCUT2D eigenvalue weighted by atomic mass is 9.84. The van der Waals surface area contributed by atoms with Crippen LogP contribution in [0.1, 0.15) is 124 Å². The van der Waals surface area contributed by atoms with Crippen LogP contribution >= 0.6 is 0 Å². The Balaban J connectivity index is 0.983. The number of fused-ring (bicyclic) bond motifs is 1. The zero-order valence-corrected chi connectivity index (χ0v) is 29.5. The number of nitrogens with zero attached hydrogens (tertiary/aromatic N) is 4. The molecule has 1 atom stereocenters. The number of aromatic nitrogens is 2. The van der Waals surface area contributed by atoms with Crippen molar-refractivity contribution in [1.29, 1.82) is 0 Å². The van der Waals surface area contributed by atoms with Crippen molar-refractivity contribution in [3.05, 3.63) is 41.2 Å². The summed E-state index contributed by atoms with van der Waals surface area (Å²) in [5.41, 5.74) is -0.128. The minimum Gasteiger partial charge on any atom is -0.444 e. The van der Waals surface area contributed by atoms with Crippen molar-refractivity contribution in [2.75, 3.05) is 24.2 Å². The average molecular weight is 712 g/mol. The molecule has 2 aromatic rings. The fourth-order valence-electron chi connectivity index (χ4n) is 7.93. The van der Waals surface area contributed by atoms with E-state index in [1.54, 1.807) is 43.7 Å². The summed E-state index contributed by atoms with van der Waals surface area (Å²) in [4.78, 5) is 66.5. The maximum atomic E-state index is 13.8. The number of carbonyl (C=O) groups excluding carboxylic acids is 5. The van der Waals surface area contributed by atoms with Crippen molar-refractivity contribution in [2.24, 2.45) is 5.92 Å². The molecule has 1 aromatic heterocycles. The van der Waals surface area contributed by atoms with Crippen LogP contribution in [0.5, 0.6) is 0 Å². The molecule has 3 heterocycles. The molecule has 1 unspecified atom stereocenters. The van der Waals surface area contributed by atoms with Gasteiger partial charge < -0.3 is 15.0 Å². The molecule has 6 rings (SSSR count). The Bertz CT molecular complexity index is 1670. The van der Waals surface area contributed by atoms with Crippen molar-refractivity contribution >= 4 is 41.1 Å². The topological polar surface area (TPSA) is 155 Å². The molecule has 0 spiro atoms. The Morgan fingerprint density at radius 1 is 1.00 bits per heavy atom. The summed E-state index contributed by atoms with van der Waals surface area (Å²) in [5.74, 6) is -1.61. The first-order chi connectivity index (χ1) is 24.2. The molecule has 15 heteroatoms. The number of imide groups is 2. The standard InChI is InChI=1S/C36H47F2N7O6/c1-36(2,3)51-35(50)40-26-19-44(42-30(26)31(37)38)23-12-8-20(9-13-23)18-43(4)22-14-10-21(11-15-22)39-25-7-5-6-24-29(25)34(49)45(33(24)48)27-16-17-28(46)41-32(27)47/h5-7,19-23,27,31,39H,8-18H2,1-4H3,(H,40,50)(H,41,46,47)/t20-,21-,22-,23-,27?. The van der Waals surface area contributed by atoms with E-state index in [1.165, 1.54) is 6.20 Å². The van der Waals surface area contributed by atoms with Crippen molar-refractivity contribution in [2.45, 2.75) is 121 Å². The summed E-state index contributed by atoms with van der Waals surface area (Å²) < 4.78 is 34.3. The number of hydrogen-bond acceptors (Lipinski definition) is 9. The van der Waals surface area contributed by atoms with Gasteiger partial charge in [0, 0.05) is 36.9 Å². The summed E-state index contributed by atoms with van der Waals surface area (Å²) >= 11 is 0. The van der Waals surface area contributed by atoms with Gasteiger partial charge in [0.25, 0.3) is 18.2 Å². The maximum absolute atomic E-state index is 13.8. The first-order valence-electron chi connectivity index (χ1n) is 17.9. The van der Waals surface area contributed by atoms with Crippen LogP contribution in [0.3, 0.4) is 0 Å². The molecule has 13 nitrogen and oxygen atoms in total. The monoisotopic (exact) mass is 711 g/mol. The second kappa shape index (κ2) is 14.7. The molecule has 2 aliphatic heterocycles. The van der Waals surface area contributed by atoms with Crippen molar-refractivity contribution < 1.29 is 37.5 Å². The van der Waals surface area contributed by atoms with E-state index in [0.29, 0.717) is 17.6 Å². The lowest BCUT2D eigenvalue weighted by Gasteiger charge is -2.38. The summed E-state index contributed by atoms with van der Waals surface area (Å²) in [6.07, 6.45) is 5.21. The zero-order chi connectivity index (χ0) is 36.6. The van der Waals surface area contributed by atoms with E-state index < -0.39 is 53.5 Å². The minimum atomic E-state index is -2.83. The molecule has 2 saturated carbocycles. The number of amides is 5. The number of halogens is 2. The fourth-order valence-corrected chi connectivity index (χ4v) is 7.93. The Kier molecular flexibility index (Phi) is 10.5. The van der Waals surface area contributed by atoms with Gasteiger partial charge in [-0.2, -0.15) is 5.10 Å². The first-order valence-corrected chi connectivity index (χ1v) is 17.9. The van der Waals surface area contributed by atoms with E-state index in [4.69, 9.17) is 4.74 Å². The van der Waals surface area contributed by atoms with Crippen LogP contribution in [0.15, 0.2) is 24.4 Å². The summed E-state index contributed by atoms with van der Waals surface area (Å²) in [6, 6.07) is 4.61. The zero-order valence-electron chi connectivity index (χ0n) is 29.5. The number of ether oxygens (including phenoxy) is 1. The molecule has 0 radical (unpaired) electrons. The number of nitrogens with one attached hydrogen (secondary N) is 3. The molecular weight excluding hydrogens is 664 g/mol. The van der Waals surface area contributed by atoms with Crippen molar-refractivity contribution in [3.63, 3.8) is 0 Å². The molecular formula is C36H47F2N7O6. The molecule has 2 aliphatic carbocycles. The van der Waals surface area contributed by atoms with Gasteiger partial charge in [-0.25, -0.2) is 13.6 Å². The smallest absolute Gasteiger partial charge is 0.412 e. The number of piperidine rings is 1. The molecule has 3 N–H and O–H groups in total. The molecule has 276 valence electrons. The average Bonchev–Trinajstić information content (AvgIpc) is 3.59. The highest BCUT2D eigenvalue weighted by Gasteiger charge is 2.46. The lowest BCUT2D eigenvalue weighted by molar-refractivity contribution is -0.136. The Hall–Kier alpha value is -4.40. The van der Waals surface area contributed by atoms with Crippen LogP contribution in [0.25, 0.3) is 0 Å². The van der Waals surface area contributed by atoms with E-state index >= 15 is 0 Å². The molecule has 1 saturated heterocycles. The van der Waals surface area contributed by atoms with Gasteiger partial charge in [0.2, 0.25) is 11.8 Å². The summed E-state index contributed by atoms with van der Waals surface area (Å²) in [5, 5.41) is 12.3. The van der Waals surface area contributed by atoms with Crippen LogP contribution in [-0.2, 0) is 14.3 Å². The van der Waals surface area contributed by atoms with Gasteiger partial charge in [0.1, 0.15) is 11.6 Å². The highest BCUT2D eigenvalue weighted by molar-refractivity contribution is 6.25. The number of alkyl halides is 2. The maximum Gasteiger partial charge on any atom is 0.412 e. The summed E-state index contributed by atoms with van der Waals surface area (Å²) in [7, 11) is 2.15. The molecule has 5 amide bonds. The highest BCUT2D eigenvalue weighted by atomic mass is 19.3. The van der Waals surface area contributed by atoms with Crippen LogP contribution < -0.4 is 16.0 Å². The number of rotatable bonds is 9. The van der Waals surface area contributed by atoms with E-state index in [0.717, 1.165) is 62.8 Å². The van der Waals surface area contributed by atoms with Crippen LogP contribution in [-0.4, -0.2) is 86.6 Å². The second-order valence-electron chi connectivity index (χ2n) is 15.3. The number of carbonyl (C=O) groups is 5. The van der Waals surface area contributed by atoms with Gasteiger partial charge in [-0.05, 0) is 104 Å². The van der Waals surface area contributed by atoms with Gasteiger partial charge in [-0.15, -0.1) is 0 Å². The number of benzene rings is 1. The van der Waals surface area contributed by atoms with Crippen LogP contribution in [0.2, 0.25) is 0 Å². The third kappa shape index (κ3) is 8.08. The minimum absolute atomic E-state index is 0.0301. The number of anilines is 2. The van der Waals surface area contributed by atoms with Gasteiger partial charge >= 0.3 is 6.09 Å². The predicted molar refractivity (Wildman–Crippen MR) is 183 cm³/mol. The van der Waals surface area contributed by atoms with Gasteiger partial charge in [0.15, 0.2) is 5.69 Å². The number of hydrogen-bond donors (Lipinski definition) is 3. The van der Waals surface area contributed by atoms with Crippen LogP contribution in [0.4, 0.5) is 25.0 Å². The van der Waals surface area contributed by atoms with E-state index in [9.17, 15) is 32.8 Å². The third-order valence-corrected chi connectivity index (χ3v) is 10.5. The van der Waals surface area contributed by atoms with E-state index in [-0.39, 0.29) is 41.7 Å². The molecule has 51 heavy (non-hydrogen) atoms. The normalized spacial score (nSPS) is 25.6. The van der Waals surface area contributed by atoms with E-state index in [1.807, 2.05) is 0 Å². The van der Waals surface area contributed by atoms with E-state index in [2.05, 4.69) is 33.0 Å². The Morgan fingerprint density at radius 3 is 2.35 bits per heavy atom. The molecule has 1 aromatic carbocycles. The van der Waals surface area contributed by atoms with Gasteiger partial charge in [0.05, 0.1) is 22.9 Å². The lowest BCUT2D eigenvalue weighted by Crippen LogP contribution is -2.54. The SMILES string of the molecule is CN(C[C@H]1CC[C@H](n2cc(NC(=O)OC(C)(C)C)c(C(F)F)n2)CC1)[C@H]1CC[C@H](Nc2cccc3c2C(=O)N(C2CCC(=O)NC2=O)C3=O)CC1. The van der Waals surface area contributed by atoms with Gasteiger partial charge in [-0.3, -0.25) is 39.4 Å². The van der Waals surface area contributed by atoms with Crippen LogP contribution in [0, 0.1) is 5.92 Å². The van der Waals surface area contributed by atoms with Crippen molar-refractivity contribution in [1.82, 2.24) is 24.9 Å². The highest BCUT2D eigenvalue weighted by Crippen LogP contribution is 2.37. The largest absolute Gasteiger partial charge is 0.444 e. The Labute approximate surface area is 295 Å². The third-order valence-electron chi connectivity index (χ3n) is 10.5. The second-order valence-corrected chi connectivity index (χ2v) is 15.3.